The number of nitrogens with one attached hydrogen (secondary N) is 1. The van der Waals surface area contributed by atoms with E-state index in [0.717, 1.165) is 4.57 Å². The number of carbonyl (C=O) groups is 1. The van der Waals surface area contributed by atoms with Crippen molar-refractivity contribution in [2.24, 2.45) is 5.73 Å². The number of carbonyl (C=O) groups excluding carboxylic acids is 1. The van der Waals surface area contributed by atoms with Crippen LogP contribution in [-0.2, 0) is 6.54 Å². The number of nitrogens with two attached hydrogens (primary N) is 1. The lowest BCUT2D eigenvalue weighted by Crippen LogP contribution is -2.13. The first-order valence-corrected chi connectivity index (χ1v) is 6.04. The fourth-order valence-electron chi connectivity index (χ4n) is 1.83. The summed E-state index contributed by atoms with van der Waals surface area (Å²) < 4.78 is 31.3. The average molecular weight is 296 g/mol. The smallest absolute Gasteiger partial charge is 0.319 e. The SMILES string of the molecule is COc1ccc(C(N)=O)cc1NCc1nccn1C(F)F. The summed E-state index contributed by atoms with van der Waals surface area (Å²) in [5, 5.41) is 2.91. The summed E-state index contributed by atoms with van der Waals surface area (Å²) in [5.41, 5.74) is 5.96. The molecule has 0 radical (unpaired) electrons. The number of methoxy groups -OCH3 is 1. The molecule has 6 nitrogen and oxygen atoms in total. The number of benzene rings is 1. The highest BCUT2D eigenvalue weighted by atomic mass is 19.3. The molecule has 0 aliphatic carbocycles. The van der Waals surface area contributed by atoms with Crippen molar-refractivity contribution in [1.29, 1.82) is 0 Å². The van der Waals surface area contributed by atoms with E-state index in [4.69, 9.17) is 10.5 Å². The Labute approximate surface area is 119 Å². The third-order valence-electron chi connectivity index (χ3n) is 2.88. The number of hydrogen-bond acceptors (Lipinski definition) is 4. The van der Waals surface area contributed by atoms with Crippen LogP contribution in [0.3, 0.4) is 0 Å². The van der Waals surface area contributed by atoms with Gasteiger partial charge < -0.3 is 15.8 Å². The Morgan fingerprint density at radius 2 is 2.29 bits per heavy atom. The lowest BCUT2D eigenvalue weighted by Gasteiger charge is -2.13. The Kier molecular flexibility index (Phi) is 4.36. The Morgan fingerprint density at radius 1 is 1.52 bits per heavy atom. The topological polar surface area (TPSA) is 82.2 Å². The lowest BCUT2D eigenvalue weighted by atomic mass is 10.1. The van der Waals surface area contributed by atoms with Gasteiger partial charge in [0.25, 0.3) is 0 Å². The maximum Gasteiger partial charge on any atom is 0.319 e. The summed E-state index contributed by atoms with van der Waals surface area (Å²) in [6.07, 6.45) is 2.49. The Balaban J connectivity index is 2.20. The lowest BCUT2D eigenvalue weighted by molar-refractivity contribution is 0.0672. The first-order valence-electron chi connectivity index (χ1n) is 6.04. The molecular weight excluding hydrogens is 282 g/mol. The molecule has 0 atom stereocenters. The standard InChI is InChI=1S/C13H14F2N4O2/c1-21-10-3-2-8(12(16)20)6-9(10)18-7-11-17-4-5-19(11)13(14)15/h2-6,13,18H,7H2,1H3,(H2,16,20). The van der Waals surface area contributed by atoms with E-state index < -0.39 is 12.5 Å². The van der Waals surface area contributed by atoms with Crippen LogP contribution < -0.4 is 15.8 Å². The van der Waals surface area contributed by atoms with Crippen LogP contribution in [0, 0.1) is 0 Å². The number of ether oxygens (including phenoxy) is 1. The van der Waals surface area contributed by atoms with Crippen LogP contribution in [-0.4, -0.2) is 22.6 Å². The highest BCUT2D eigenvalue weighted by Crippen LogP contribution is 2.26. The highest BCUT2D eigenvalue weighted by Gasteiger charge is 2.12. The summed E-state index contributed by atoms with van der Waals surface area (Å²) in [6, 6.07) is 4.59. The van der Waals surface area contributed by atoms with E-state index in [1.54, 1.807) is 6.07 Å². The minimum atomic E-state index is -2.66. The summed E-state index contributed by atoms with van der Waals surface area (Å²) >= 11 is 0. The molecule has 0 aliphatic rings. The van der Waals surface area contributed by atoms with Gasteiger partial charge in [-0.1, -0.05) is 0 Å². The minimum absolute atomic E-state index is 0.0515. The molecule has 2 rings (SSSR count). The van der Waals surface area contributed by atoms with Gasteiger partial charge in [-0.3, -0.25) is 9.36 Å². The van der Waals surface area contributed by atoms with E-state index in [-0.39, 0.29) is 17.9 Å². The van der Waals surface area contributed by atoms with Crippen molar-refractivity contribution >= 4 is 11.6 Å². The Morgan fingerprint density at radius 3 is 2.90 bits per heavy atom. The van der Waals surface area contributed by atoms with Gasteiger partial charge in [0, 0.05) is 18.0 Å². The van der Waals surface area contributed by atoms with Gasteiger partial charge in [0.05, 0.1) is 19.3 Å². The van der Waals surface area contributed by atoms with Gasteiger partial charge in [-0.2, -0.15) is 8.78 Å². The van der Waals surface area contributed by atoms with Crippen molar-refractivity contribution in [3.05, 3.63) is 42.0 Å². The number of imidazole rings is 1. The zero-order valence-electron chi connectivity index (χ0n) is 11.2. The van der Waals surface area contributed by atoms with E-state index in [1.165, 1.54) is 31.6 Å². The van der Waals surface area contributed by atoms with Crippen LogP contribution in [0.25, 0.3) is 0 Å². The number of aromatic nitrogens is 2. The highest BCUT2D eigenvalue weighted by molar-refractivity contribution is 5.94. The first kappa shape index (κ1) is 14.8. The molecule has 0 fully saturated rings. The largest absolute Gasteiger partial charge is 0.495 e. The minimum Gasteiger partial charge on any atom is -0.495 e. The summed E-state index contributed by atoms with van der Waals surface area (Å²) in [5.74, 6) is 0.0430. The van der Waals surface area contributed by atoms with Gasteiger partial charge in [0.15, 0.2) is 0 Å². The number of alkyl halides is 2. The molecule has 3 N–H and O–H groups in total. The molecule has 21 heavy (non-hydrogen) atoms. The predicted molar refractivity (Wildman–Crippen MR) is 72.3 cm³/mol. The molecule has 0 unspecified atom stereocenters. The molecule has 0 spiro atoms. The molecule has 2 aromatic rings. The van der Waals surface area contributed by atoms with E-state index in [9.17, 15) is 13.6 Å². The molecule has 0 saturated heterocycles. The van der Waals surface area contributed by atoms with Crippen LogP contribution in [0.15, 0.2) is 30.6 Å². The van der Waals surface area contributed by atoms with Crippen molar-refractivity contribution in [2.45, 2.75) is 13.1 Å². The number of hydrogen-bond donors (Lipinski definition) is 2. The molecule has 1 heterocycles. The molecule has 112 valence electrons. The molecule has 8 heteroatoms. The van der Waals surface area contributed by atoms with E-state index in [2.05, 4.69) is 10.3 Å². The van der Waals surface area contributed by atoms with E-state index >= 15 is 0 Å². The number of rotatable bonds is 6. The first-order chi connectivity index (χ1) is 10.0. The molecule has 0 aliphatic heterocycles. The molecule has 1 aromatic carbocycles. The van der Waals surface area contributed by atoms with Gasteiger partial charge >= 0.3 is 6.55 Å². The fourth-order valence-corrected chi connectivity index (χ4v) is 1.83. The predicted octanol–water partition coefficient (Wildman–Crippen LogP) is 2.00. The van der Waals surface area contributed by atoms with Crippen LogP contribution >= 0.6 is 0 Å². The molecular formula is C13H14F2N4O2. The van der Waals surface area contributed by atoms with E-state index in [1.807, 2.05) is 0 Å². The van der Waals surface area contributed by atoms with Crippen LogP contribution in [0.2, 0.25) is 0 Å². The van der Waals surface area contributed by atoms with Crippen LogP contribution in [0.5, 0.6) is 5.75 Å². The molecule has 1 amide bonds. The number of nitrogens with zero attached hydrogens (tertiary/aromatic N) is 2. The zero-order valence-corrected chi connectivity index (χ0v) is 11.2. The second-order valence-corrected chi connectivity index (χ2v) is 4.16. The Bertz CT molecular complexity index is 643. The average Bonchev–Trinajstić information content (AvgIpc) is 2.93. The molecule has 0 bridgehead atoms. The van der Waals surface area contributed by atoms with Gasteiger partial charge in [-0.05, 0) is 18.2 Å². The van der Waals surface area contributed by atoms with Crippen LogP contribution in [0.4, 0.5) is 14.5 Å². The Hall–Kier alpha value is -2.64. The summed E-state index contributed by atoms with van der Waals surface area (Å²) in [6.45, 7) is -2.61. The fraction of sp³-hybridized carbons (Fsp3) is 0.231. The van der Waals surface area contributed by atoms with E-state index in [0.29, 0.717) is 11.4 Å². The van der Waals surface area contributed by atoms with Crippen molar-refractivity contribution < 1.29 is 18.3 Å². The quantitative estimate of drug-likeness (QED) is 0.854. The second kappa shape index (κ2) is 6.21. The summed E-state index contributed by atoms with van der Waals surface area (Å²) in [4.78, 5) is 15.0. The third kappa shape index (κ3) is 3.28. The second-order valence-electron chi connectivity index (χ2n) is 4.16. The van der Waals surface area contributed by atoms with Crippen molar-refractivity contribution in [1.82, 2.24) is 9.55 Å². The maximum atomic E-state index is 12.7. The maximum absolute atomic E-state index is 12.7. The van der Waals surface area contributed by atoms with Gasteiger partial charge in [0.1, 0.15) is 11.6 Å². The van der Waals surface area contributed by atoms with Crippen molar-refractivity contribution in [3.8, 4) is 5.75 Å². The van der Waals surface area contributed by atoms with Gasteiger partial charge in [-0.15, -0.1) is 0 Å². The molecule has 1 aromatic heterocycles. The van der Waals surface area contributed by atoms with Gasteiger partial charge in [0.2, 0.25) is 5.91 Å². The summed E-state index contributed by atoms with van der Waals surface area (Å²) in [7, 11) is 1.46. The van der Waals surface area contributed by atoms with Crippen molar-refractivity contribution in [3.63, 3.8) is 0 Å². The monoisotopic (exact) mass is 296 g/mol. The number of anilines is 1. The van der Waals surface area contributed by atoms with Crippen molar-refractivity contribution in [2.75, 3.05) is 12.4 Å². The third-order valence-corrected chi connectivity index (χ3v) is 2.88. The number of primary amides is 1. The number of amides is 1. The zero-order chi connectivity index (χ0) is 15.4. The molecule has 0 saturated carbocycles. The van der Waals surface area contributed by atoms with Gasteiger partial charge in [-0.25, -0.2) is 4.98 Å². The normalized spacial score (nSPS) is 10.7. The number of halogens is 2. The van der Waals surface area contributed by atoms with Crippen LogP contribution in [0.1, 0.15) is 22.7 Å².